The number of hydrogen-bond donors (Lipinski definition) is 1. The summed E-state index contributed by atoms with van der Waals surface area (Å²) in [6, 6.07) is 0. The zero-order valence-electron chi connectivity index (χ0n) is 10.1. The number of carboxylic acids is 1. The average molecular weight is 231 g/mol. The van der Waals surface area contributed by atoms with Crippen molar-refractivity contribution in [3.8, 4) is 0 Å². The smallest absolute Gasteiger partial charge is 0.310 e. The summed E-state index contributed by atoms with van der Waals surface area (Å²) in [4.78, 5) is 13.1. The Labute approximate surface area is 96.3 Å². The minimum atomic E-state index is -0.699. The van der Waals surface area contributed by atoms with Gasteiger partial charge in [0.25, 0.3) is 0 Å². The van der Waals surface area contributed by atoms with Gasteiger partial charge in [0.1, 0.15) is 0 Å². The van der Waals surface area contributed by atoms with Gasteiger partial charge in [0.05, 0.1) is 25.2 Å². The van der Waals surface area contributed by atoms with Crippen LogP contribution in [-0.2, 0) is 14.3 Å². The minimum absolute atomic E-state index is 0.577. The van der Waals surface area contributed by atoms with Crippen LogP contribution in [-0.4, -0.2) is 62.5 Å². The molecule has 94 valence electrons. The van der Waals surface area contributed by atoms with Gasteiger partial charge in [0.15, 0.2) is 0 Å². The summed E-state index contributed by atoms with van der Waals surface area (Å²) < 4.78 is 10.2. The summed E-state index contributed by atoms with van der Waals surface area (Å²) >= 11 is 0. The van der Waals surface area contributed by atoms with Crippen LogP contribution >= 0.6 is 0 Å². The number of carbonyl (C=O) groups is 1. The van der Waals surface area contributed by atoms with Crippen molar-refractivity contribution >= 4 is 5.97 Å². The van der Waals surface area contributed by atoms with Crippen molar-refractivity contribution in [1.82, 2.24) is 4.90 Å². The Kier molecular flexibility index (Phi) is 5.18. The van der Waals surface area contributed by atoms with Gasteiger partial charge in [-0.1, -0.05) is 0 Å². The number of carboxylic acid groups (broad SMARTS) is 1. The molecule has 1 rings (SSSR count). The zero-order valence-corrected chi connectivity index (χ0v) is 10.1. The van der Waals surface area contributed by atoms with Crippen molar-refractivity contribution < 1.29 is 19.4 Å². The van der Waals surface area contributed by atoms with Crippen molar-refractivity contribution in [2.75, 3.05) is 46.6 Å². The van der Waals surface area contributed by atoms with Crippen LogP contribution in [0.3, 0.4) is 0 Å². The van der Waals surface area contributed by atoms with Crippen LogP contribution in [0, 0.1) is 5.41 Å². The van der Waals surface area contributed by atoms with E-state index in [1.807, 2.05) is 0 Å². The van der Waals surface area contributed by atoms with Crippen LogP contribution in [0.15, 0.2) is 0 Å². The van der Waals surface area contributed by atoms with E-state index in [4.69, 9.17) is 14.6 Å². The monoisotopic (exact) mass is 231 g/mol. The predicted octanol–water partition coefficient (Wildman–Crippen LogP) is 0.446. The van der Waals surface area contributed by atoms with Gasteiger partial charge in [0.2, 0.25) is 0 Å². The van der Waals surface area contributed by atoms with Gasteiger partial charge in [-0.15, -0.1) is 0 Å². The van der Waals surface area contributed by atoms with Gasteiger partial charge < -0.3 is 14.6 Å². The normalized spacial score (nSPS) is 26.1. The highest BCUT2D eigenvalue weighted by Gasteiger charge is 2.39. The molecule has 0 radical (unpaired) electrons. The SMILES string of the molecule is COCCOCCN1CCC(C)(C(=O)O)C1. The molecule has 1 atom stereocenters. The van der Waals surface area contributed by atoms with E-state index in [9.17, 15) is 4.79 Å². The molecule has 1 aliphatic heterocycles. The molecule has 0 aromatic rings. The third kappa shape index (κ3) is 3.73. The summed E-state index contributed by atoms with van der Waals surface area (Å²) in [6.07, 6.45) is 0.723. The molecule has 1 unspecified atom stereocenters. The minimum Gasteiger partial charge on any atom is -0.481 e. The lowest BCUT2D eigenvalue weighted by molar-refractivity contribution is -0.147. The van der Waals surface area contributed by atoms with Crippen LogP contribution in [0.25, 0.3) is 0 Å². The molecule has 0 aromatic heterocycles. The summed E-state index contributed by atoms with van der Waals surface area (Å²) in [5.41, 5.74) is -0.577. The van der Waals surface area contributed by atoms with E-state index < -0.39 is 11.4 Å². The van der Waals surface area contributed by atoms with Crippen LogP contribution < -0.4 is 0 Å². The molecule has 5 nitrogen and oxygen atoms in total. The highest BCUT2D eigenvalue weighted by molar-refractivity contribution is 5.74. The second kappa shape index (κ2) is 6.18. The first-order valence-corrected chi connectivity index (χ1v) is 5.61. The molecule has 1 saturated heterocycles. The van der Waals surface area contributed by atoms with E-state index in [2.05, 4.69) is 4.90 Å². The molecule has 16 heavy (non-hydrogen) atoms. The lowest BCUT2D eigenvalue weighted by Crippen LogP contribution is -2.33. The Hall–Kier alpha value is -0.650. The first-order chi connectivity index (χ1) is 7.58. The van der Waals surface area contributed by atoms with Crippen molar-refractivity contribution in [2.45, 2.75) is 13.3 Å². The quantitative estimate of drug-likeness (QED) is 0.644. The van der Waals surface area contributed by atoms with E-state index in [-0.39, 0.29) is 0 Å². The predicted molar refractivity (Wildman–Crippen MR) is 59.5 cm³/mol. The van der Waals surface area contributed by atoms with E-state index in [0.29, 0.717) is 26.4 Å². The van der Waals surface area contributed by atoms with Gasteiger partial charge >= 0.3 is 5.97 Å². The van der Waals surface area contributed by atoms with Crippen molar-refractivity contribution in [3.63, 3.8) is 0 Å². The number of methoxy groups -OCH3 is 1. The molecule has 0 aliphatic carbocycles. The number of rotatable bonds is 7. The first-order valence-electron chi connectivity index (χ1n) is 5.61. The maximum absolute atomic E-state index is 11.0. The van der Waals surface area contributed by atoms with Crippen molar-refractivity contribution in [3.05, 3.63) is 0 Å². The molecule has 0 aromatic carbocycles. The largest absolute Gasteiger partial charge is 0.481 e. The Bertz CT molecular complexity index is 234. The Morgan fingerprint density at radius 3 is 2.75 bits per heavy atom. The maximum Gasteiger partial charge on any atom is 0.310 e. The number of aliphatic carboxylic acids is 1. The molecule has 1 heterocycles. The highest BCUT2D eigenvalue weighted by atomic mass is 16.5. The fourth-order valence-electron chi connectivity index (χ4n) is 1.86. The Morgan fingerprint density at radius 1 is 1.44 bits per heavy atom. The van der Waals surface area contributed by atoms with Crippen molar-refractivity contribution in [2.24, 2.45) is 5.41 Å². The molecule has 1 N–H and O–H groups in total. The lowest BCUT2D eigenvalue weighted by atomic mass is 9.90. The summed E-state index contributed by atoms with van der Waals surface area (Å²) in [5.74, 6) is -0.699. The number of ether oxygens (including phenoxy) is 2. The fraction of sp³-hybridized carbons (Fsp3) is 0.909. The van der Waals surface area contributed by atoms with E-state index in [1.54, 1.807) is 14.0 Å². The van der Waals surface area contributed by atoms with E-state index in [0.717, 1.165) is 19.5 Å². The summed E-state index contributed by atoms with van der Waals surface area (Å²) in [7, 11) is 1.64. The van der Waals surface area contributed by atoms with Crippen LogP contribution in [0.2, 0.25) is 0 Å². The molecule has 0 spiro atoms. The molecular weight excluding hydrogens is 210 g/mol. The third-order valence-corrected chi connectivity index (χ3v) is 3.05. The van der Waals surface area contributed by atoms with Gasteiger partial charge in [-0.05, 0) is 19.9 Å². The van der Waals surface area contributed by atoms with E-state index >= 15 is 0 Å². The molecule has 0 saturated carbocycles. The van der Waals surface area contributed by atoms with Gasteiger partial charge in [-0.3, -0.25) is 9.69 Å². The topological polar surface area (TPSA) is 59.0 Å². The Balaban J connectivity index is 2.14. The average Bonchev–Trinajstić information content (AvgIpc) is 2.62. The summed E-state index contributed by atoms with van der Waals surface area (Å²) in [6.45, 7) is 5.91. The standard InChI is InChI=1S/C11H21NO4/c1-11(10(13)14)3-4-12(9-11)5-6-16-8-7-15-2/h3-9H2,1-2H3,(H,13,14). The third-order valence-electron chi connectivity index (χ3n) is 3.05. The highest BCUT2D eigenvalue weighted by Crippen LogP contribution is 2.29. The second-order valence-corrected chi connectivity index (χ2v) is 4.50. The van der Waals surface area contributed by atoms with Gasteiger partial charge in [-0.2, -0.15) is 0 Å². The van der Waals surface area contributed by atoms with Crippen molar-refractivity contribution in [1.29, 1.82) is 0 Å². The number of nitrogens with zero attached hydrogens (tertiary/aromatic N) is 1. The summed E-state index contributed by atoms with van der Waals surface area (Å²) in [5, 5.41) is 9.06. The fourth-order valence-corrected chi connectivity index (χ4v) is 1.86. The zero-order chi connectivity index (χ0) is 12.0. The number of hydrogen-bond acceptors (Lipinski definition) is 4. The molecule has 1 aliphatic rings. The van der Waals surface area contributed by atoms with Crippen LogP contribution in [0.4, 0.5) is 0 Å². The second-order valence-electron chi connectivity index (χ2n) is 4.50. The first kappa shape index (κ1) is 13.4. The lowest BCUT2D eigenvalue weighted by Gasteiger charge is -2.19. The molecule has 5 heteroatoms. The number of likely N-dealkylation sites (tertiary alicyclic amines) is 1. The molecule has 1 fully saturated rings. The van der Waals surface area contributed by atoms with Crippen LogP contribution in [0.5, 0.6) is 0 Å². The molecule has 0 amide bonds. The van der Waals surface area contributed by atoms with E-state index in [1.165, 1.54) is 0 Å². The Morgan fingerprint density at radius 2 is 2.19 bits per heavy atom. The van der Waals surface area contributed by atoms with Gasteiger partial charge in [0, 0.05) is 20.2 Å². The maximum atomic E-state index is 11.0. The van der Waals surface area contributed by atoms with Crippen LogP contribution in [0.1, 0.15) is 13.3 Å². The van der Waals surface area contributed by atoms with Gasteiger partial charge in [-0.25, -0.2) is 0 Å². The molecule has 0 bridgehead atoms. The molecular formula is C11H21NO4.